The van der Waals surface area contributed by atoms with Crippen LogP contribution in [0.4, 0.5) is 5.69 Å². The first-order valence-electron chi connectivity index (χ1n) is 12.6. The van der Waals surface area contributed by atoms with Crippen molar-refractivity contribution in [2.24, 2.45) is 7.05 Å². The van der Waals surface area contributed by atoms with Crippen molar-refractivity contribution in [2.75, 3.05) is 42.8 Å². The van der Waals surface area contributed by atoms with Gasteiger partial charge in [0.15, 0.2) is 6.23 Å². The molecule has 2 saturated heterocycles. The molecule has 0 spiro atoms. The molecule has 0 N–H and O–H groups in total. The van der Waals surface area contributed by atoms with Gasteiger partial charge in [0.05, 0.1) is 24.4 Å². The van der Waals surface area contributed by atoms with Crippen LogP contribution in [-0.4, -0.2) is 67.7 Å². The highest BCUT2D eigenvalue weighted by Gasteiger charge is 2.27. The second kappa shape index (κ2) is 9.52. The van der Waals surface area contributed by atoms with Crippen molar-refractivity contribution >= 4 is 33.0 Å². The fraction of sp³-hybridized carbons (Fsp3) is 0.538. The largest absolute Gasteiger partial charge is 0.377 e. The average molecular weight is 496 g/mol. The molecular weight excluding hydrogens is 462 g/mol. The standard InChI is InChI=1S/C26H33N5O3S/c1-18-17-33-12-10-30(18)20-15-21(19-7-13-35(32)14-8-19)26-22(16-20)25(28-29(26)2)23-6-9-27-31(23)24-5-3-4-11-34-24/h6-7,9,15-16,18,24H,3-5,8,10-14,17H2,1-2H3/t18-,24?,35?/m1/s1. The van der Waals surface area contributed by atoms with Crippen molar-refractivity contribution in [3.8, 4) is 11.4 Å². The zero-order valence-corrected chi connectivity index (χ0v) is 21.3. The van der Waals surface area contributed by atoms with Gasteiger partial charge in [-0.1, -0.05) is 6.08 Å². The molecule has 2 fully saturated rings. The second-order valence-electron chi connectivity index (χ2n) is 9.75. The summed E-state index contributed by atoms with van der Waals surface area (Å²) >= 11 is 0. The van der Waals surface area contributed by atoms with Gasteiger partial charge in [-0.2, -0.15) is 10.2 Å². The Morgan fingerprint density at radius 1 is 1.20 bits per heavy atom. The van der Waals surface area contributed by atoms with Gasteiger partial charge < -0.3 is 14.4 Å². The lowest BCUT2D eigenvalue weighted by Crippen LogP contribution is -2.43. The van der Waals surface area contributed by atoms with Crippen molar-refractivity contribution in [3.05, 3.63) is 36.0 Å². The molecule has 0 radical (unpaired) electrons. The summed E-state index contributed by atoms with van der Waals surface area (Å²) in [6.45, 7) is 5.29. The van der Waals surface area contributed by atoms with Crippen LogP contribution in [-0.2, 0) is 27.3 Å². The van der Waals surface area contributed by atoms with E-state index in [0.29, 0.717) is 17.5 Å². The molecule has 3 aliphatic heterocycles. The first-order chi connectivity index (χ1) is 17.1. The van der Waals surface area contributed by atoms with Crippen LogP contribution in [0.25, 0.3) is 27.9 Å². The van der Waals surface area contributed by atoms with Crippen LogP contribution in [0.3, 0.4) is 0 Å². The number of morpholine rings is 1. The third kappa shape index (κ3) is 4.23. The summed E-state index contributed by atoms with van der Waals surface area (Å²) < 4.78 is 27.9. The number of benzene rings is 1. The Balaban J connectivity index is 1.54. The van der Waals surface area contributed by atoms with E-state index < -0.39 is 10.8 Å². The van der Waals surface area contributed by atoms with Crippen LogP contribution in [0.15, 0.2) is 30.5 Å². The lowest BCUT2D eigenvalue weighted by molar-refractivity contribution is -0.0384. The third-order valence-corrected chi connectivity index (χ3v) is 8.62. The SMILES string of the molecule is C[C@@H]1COCCN1c1cc(C2=CCS(=O)CC2)c2c(c1)c(-c1ccnn1C1CCCCO1)nn2C. The molecule has 1 aromatic carbocycles. The molecule has 5 heterocycles. The van der Waals surface area contributed by atoms with Crippen LogP contribution in [0, 0.1) is 0 Å². The summed E-state index contributed by atoms with van der Waals surface area (Å²) in [5, 5.41) is 10.8. The van der Waals surface area contributed by atoms with Crippen molar-refractivity contribution in [3.63, 3.8) is 0 Å². The third-order valence-electron chi connectivity index (χ3n) is 7.42. The molecule has 0 saturated carbocycles. The van der Waals surface area contributed by atoms with Crippen LogP contribution >= 0.6 is 0 Å². The highest BCUT2D eigenvalue weighted by molar-refractivity contribution is 7.85. The first-order valence-corrected chi connectivity index (χ1v) is 14.1. The minimum Gasteiger partial charge on any atom is -0.377 e. The van der Waals surface area contributed by atoms with E-state index in [9.17, 15) is 4.21 Å². The fourth-order valence-corrected chi connectivity index (χ4v) is 6.61. The normalized spacial score (nSPS) is 25.7. The average Bonchev–Trinajstić information content (AvgIpc) is 3.49. The lowest BCUT2D eigenvalue weighted by atomic mass is 9.97. The summed E-state index contributed by atoms with van der Waals surface area (Å²) in [7, 11) is 1.25. The number of anilines is 1. The molecule has 8 nitrogen and oxygen atoms in total. The molecule has 0 amide bonds. The van der Waals surface area contributed by atoms with Gasteiger partial charge >= 0.3 is 0 Å². The zero-order valence-electron chi connectivity index (χ0n) is 20.5. The van der Waals surface area contributed by atoms with Gasteiger partial charge in [0.2, 0.25) is 0 Å². The smallest absolute Gasteiger partial charge is 0.150 e. The second-order valence-corrected chi connectivity index (χ2v) is 11.4. The minimum absolute atomic E-state index is 0.0521. The molecular formula is C26H33N5O3S. The highest BCUT2D eigenvalue weighted by atomic mass is 32.2. The summed E-state index contributed by atoms with van der Waals surface area (Å²) in [6.07, 6.45) is 7.98. The minimum atomic E-state index is -0.766. The van der Waals surface area contributed by atoms with Gasteiger partial charge in [0.1, 0.15) is 5.69 Å². The van der Waals surface area contributed by atoms with E-state index in [4.69, 9.17) is 14.6 Å². The van der Waals surface area contributed by atoms with E-state index in [1.54, 1.807) is 0 Å². The molecule has 35 heavy (non-hydrogen) atoms. The van der Waals surface area contributed by atoms with E-state index in [-0.39, 0.29) is 6.23 Å². The Kier molecular flexibility index (Phi) is 6.24. The summed E-state index contributed by atoms with van der Waals surface area (Å²) in [4.78, 5) is 2.44. The number of nitrogens with zero attached hydrogens (tertiary/aromatic N) is 5. The van der Waals surface area contributed by atoms with Gasteiger partial charge in [-0.3, -0.25) is 8.89 Å². The van der Waals surface area contributed by atoms with Crippen molar-refractivity contribution < 1.29 is 13.7 Å². The monoisotopic (exact) mass is 495 g/mol. The number of aryl methyl sites for hydroxylation is 1. The molecule has 0 bridgehead atoms. The van der Waals surface area contributed by atoms with E-state index in [1.165, 1.54) is 16.8 Å². The highest BCUT2D eigenvalue weighted by Crippen LogP contribution is 2.39. The fourth-order valence-electron chi connectivity index (χ4n) is 5.61. The molecule has 3 atom stereocenters. The molecule has 6 rings (SSSR count). The molecule has 0 aliphatic carbocycles. The molecule has 186 valence electrons. The lowest BCUT2D eigenvalue weighted by Gasteiger charge is -2.35. The maximum Gasteiger partial charge on any atom is 0.150 e. The van der Waals surface area contributed by atoms with Gasteiger partial charge in [0, 0.05) is 71.4 Å². The van der Waals surface area contributed by atoms with Crippen LogP contribution in [0.5, 0.6) is 0 Å². The number of allylic oxidation sites excluding steroid dienone is 1. The van der Waals surface area contributed by atoms with E-state index >= 15 is 0 Å². The number of rotatable bonds is 4. The van der Waals surface area contributed by atoms with Gasteiger partial charge in [-0.05, 0) is 56.4 Å². The maximum absolute atomic E-state index is 12.1. The zero-order chi connectivity index (χ0) is 23.9. The molecule has 3 aromatic rings. The van der Waals surface area contributed by atoms with E-state index in [1.807, 2.05) is 28.7 Å². The Labute approximate surface area is 208 Å². The summed E-state index contributed by atoms with van der Waals surface area (Å²) in [5.41, 5.74) is 6.66. The van der Waals surface area contributed by atoms with Crippen molar-refractivity contribution in [1.82, 2.24) is 19.6 Å². The molecule has 2 unspecified atom stereocenters. The Morgan fingerprint density at radius 2 is 2.11 bits per heavy atom. The van der Waals surface area contributed by atoms with Gasteiger partial charge in [-0.15, -0.1) is 0 Å². The number of hydrogen-bond acceptors (Lipinski definition) is 6. The molecule has 9 heteroatoms. The van der Waals surface area contributed by atoms with Crippen LogP contribution in [0.1, 0.15) is 44.4 Å². The number of aromatic nitrogens is 4. The molecule has 2 aromatic heterocycles. The van der Waals surface area contributed by atoms with E-state index in [0.717, 1.165) is 74.3 Å². The Morgan fingerprint density at radius 3 is 2.89 bits per heavy atom. The maximum atomic E-state index is 12.1. The Hall–Kier alpha value is -2.49. The quantitative estimate of drug-likeness (QED) is 0.547. The number of hydrogen-bond donors (Lipinski definition) is 0. The predicted octanol–water partition coefficient (Wildman–Crippen LogP) is 3.90. The van der Waals surface area contributed by atoms with Crippen molar-refractivity contribution in [1.29, 1.82) is 0 Å². The Bertz CT molecular complexity index is 1290. The number of fused-ring (bicyclic) bond motifs is 1. The first kappa shape index (κ1) is 22.9. The van der Waals surface area contributed by atoms with Crippen LogP contribution in [0.2, 0.25) is 0 Å². The van der Waals surface area contributed by atoms with E-state index in [2.05, 4.69) is 35.1 Å². The van der Waals surface area contributed by atoms with Crippen LogP contribution < -0.4 is 4.90 Å². The topological polar surface area (TPSA) is 74.4 Å². The predicted molar refractivity (Wildman–Crippen MR) is 139 cm³/mol. The van der Waals surface area contributed by atoms with Crippen molar-refractivity contribution in [2.45, 2.75) is 44.9 Å². The molecule has 3 aliphatic rings. The number of ether oxygens (including phenoxy) is 2. The van der Waals surface area contributed by atoms with Gasteiger partial charge in [-0.25, -0.2) is 4.68 Å². The van der Waals surface area contributed by atoms with Gasteiger partial charge in [0.25, 0.3) is 0 Å². The summed E-state index contributed by atoms with van der Waals surface area (Å²) in [6, 6.07) is 6.93. The summed E-state index contributed by atoms with van der Waals surface area (Å²) in [5.74, 6) is 1.33.